The molecule has 0 bridgehead atoms. The van der Waals surface area contributed by atoms with Gasteiger partial charge in [0.25, 0.3) is 0 Å². The molecule has 4 aromatic rings. The van der Waals surface area contributed by atoms with Crippen LogP contribution in [0.1, 0.15) is 0 Å². The Hall–Kier alpha value is -2.49. The smallest absolute Gasteiger partial charge is 0.142 e. The number of hydrogen-bond acceptors (Lipinski definition) is 0. The van der Waals surface area contributed by atoms with Crippen LogP contribution >= 0.6 is 10.5 Å². The molecule has 0 unspecified atom stereocenters. The predicted octanol–water partition coefficient (Wildman–Crippen LogP) is 4.22. The van der Waals surface area contributed by atoms with Gasteiger partial charge in [0.05, 0.1) is 0 Å². The van der Waals surface area contributed by atoms with Gasteiger partial charge < -0.3 is 0 Å². The van der Waals surface area contributed by atoms with E-state index < -0.39 is 6.15 Å². The van der Waals surface area contributed by atoms with Gasteiger partial charge in [0.2, 0.25) is 0 Å². The summed E-state index contributed by atoms with van der Waals surface area (Å²) >= 11 is 0. The van der Waals surface area contributed by atoms with Gasteiger partial charge >= 0.3 is 0 Å². The summed E-state index contributed by atoms with van der Waals surface area (Å²) in [5.41, 5.74) is 5.36. The first-order valence-corrected chi connectivity index (χ1v) is 15.1. The molecule has 0 aliphatic rings. The summed E-state index contributed by atoms with van der Waals surface area (Å²) < 4.78 is 2.39. The zero-order chi connectivity index (χ0) is 22.8. The Morgan fingerprint density at radius 2 is 0.750 bits per heavy atom. The maximum atomic E-state index is 2.39. The van der Waals surface area contributed by atoms with Crippen LogP contribution < -0.4 is 21.9 Å². The summed E-state index contributed by atoms with van der Waals surface area (Å²) in [4.78, 5) is 0. The van der Waals surface area contributed by atoms with E-state index in [9.17, 15) is 0 Å². The minimum Gasteiger partial charge on any atom is -0.195 e. The van der Waals surface area contributed by atoms with E-state index in [0.29, 0.717) is 21.4 Å². The van der Waals surface area contributed by atoms with E-state index in [-0.39, 0.29) is 0 Å². The quantitative estimate of drug-likeness (QED) is 0.240. The maximum Gasteiger partial charge on any atom is 0.142 e. The van der Waals surface area contributed by atoms with Crippen LogP contribution in [-0.4, -0.2) is 35.9 Å². The van der Waals surface area contributed by atoms with Gasteiger partial charge in [-0.3, -0.25) is 0 Å². The summed E-state index contributed by atoms with van der Waals surface area (Å²) in [7, 11) is 1.08. The number of hydrogen-bond donors (Lipinski definition) is 0. The van der Waals surface area contributed by atoms with Gasteiger partial charge in [0.15, 0.2) is 0 Å². The van der Waals surface area contributed by atoms with Gasteiger partial charge in [-0.1, -0.05) is 121 Å². The molecule has 0 aromatic heterocycles. The fourth-order valence-electron chi connectivity index (χ4n) is 4.51. The lowest BCUT2D eigenvalue weighted by atomic mass is 9.13. The average molecular weight is 457 g/mol. The molecule has 4 rings (SSSR count). The number of benzene rings is 4. The highest BCUT2D eigenvalue weighted by molar-refractivity contribution is 8.29. The van der Waals surface area contributed by atoms with Gasteiger partial charge in [-0.05, 0) is 12.5 Å². The maximum absolute atomic E-state index is 2.39. The molecule has 4 aromatic carbocycles. The molecule has 0 spiro atoms. The minimum absolute atomic E-state index is 0.542. The number of rotatable bonds is 5. The molecule has 164 valence electrons. The molecule has 0 N–H and O–H groups in total. The van der Waals surface area contributed by atoms with Crippen molar-refractivity contribution in [2.45, 2.75) is 0 Å². The van der Waals surface area contributed by atoms with Crippen molar-refractivity contribution in [3.8, 4) is 0 Å². The van der Waals surface area contributed by atoms with Crippen LogP contribution in [0.3, 0.4) is 0 Å². The fraction of sp³-hybridized carbons (Fsp3) is 0.138. The second kappa shape index (κ2) is 11.9. The van der Waals surface area contributed by atoms with Gasteiger partial charge in [-0.15, -0.1) is 10.5 Å². The van der Waals surface area contributed by atoms with Crippen molar-refractivity contribution in [2.24, 2.45) is 0 Å². The molecule has 32 heavy (non-hydrogen) atoms. The van der Waals surface area contributed by atoms with E-state index in [1.165, 1.54) is 21.9 Å². The van der Waals surface area contributed by atoms with E-state index in [4.69, 9.17) is 0 Å². The summed E-state index contributed by atoms with van der Waals surface area (Å²) in [5, 5.41) is 0. The molecule has 0 aliphatic carbocycles. The highest BCUT2D eigenvalue weighted by Crippen LogP contribution is 2.09. The molecular formula is C29H33BS2. The molecule has 0 aliphatic heterocycles. The van der Waals surface area contributed by atoms with Crippen LogP contribution in [0.2, 0.25) is 0 Å². The van der Waals surface area contributed by atoms with Gasteiger partial charge in [0.1, 0.15) is 23.4 Å². The Labute approximate surface area is 199 Å². The Bertz CT molecular complexity index is 925. The summed E-state index contributed by atoms with van der Waals surface area (Å²) in [6.45, 7) is 0. The lowest BCUT2D eigenvalue weighted by molar-refractivity contribution is 1.66. The Balaban J connectivity index is 0.000000360. The van der Waals surface area contributed by atoms with E-state index >= 15 is 0 Å². The first-order chi connectivity index (χ1) is 15.5. The molecule has 0 heterocycles. The third-order valence-electron chi connectivity index (χ3n) is 5.58. The standard InChI is InChI=1S/C24H20B.C5H13S2/c1-5-13-21(14-6-1)25(22-15-7-2-8-16-22,23-17-9-3-10-18-23)24-19-11-4-12-20-24;1-6(2)5-7(3)4/h1-20H;5H,1-4H3/q-1;+1. The third kappa shape index (κ3) is 5.85. The highest BCUT2D eigenvalue weighted by Gasteiger charge is 2.30. The van der Waals surface area contributed by atoms with Gasteiger partial charge in [-0.25, -0.2) is 0 Å². The monoisotopic (exact) mass is 456 g/mol. The van der Waals surface area contributed by atoms with Crippen molar-refractivity contribution in [3.05, 3.63) is 121 Å². The van der Waals surface area contributed by atoms with Gasteiger partial charge in [0, 0.05) is 10.9 Å². The van der Waals surface area contributed by atoms with Crippen LogP contribution in [0.15, 0.2) is 121 Å². The molecule has 0 fully saturated rings. The van der Waals surface area contributed by atoms with Crippen molar-refractivity contribution in [1.29, 1.82) is 0 Å². The second-order valence-corrected chi connectivity index (χ2v) is 12.7. The zero-order valence-electron chi connectivity index (χ0n) is 19.5. The predicted molar refractivity (Wildman–Crippen MR) is 155 cm³/mol. The van der Waals surface area contributed by atoms with Crippen LogP contribution in [0.4, 0.5) is 0 Å². The molecule has 3 heteroatoms. The molecule has 0 saturated carbocycles. The Morgan fingerprint density at radius 3 is 0.906 bits per heavy atom. The van der Waals surface area contributed by atoms with Crippen molar-refractivity contribution in [3.63, 3.8) is 0 Å². The first kappa shape index (κ1) is 24.2. The Morgan fingerprint density at radius 1 is 0.500 bits per heavy atom. The molecule has 0 atom stereocenters. The molecular weight excluding hydrogens is 423 g/mol. The summed E-state index contributed by atoms with van der Waals surface area (Å²) in [6, 6.07) is 43.5. The Kier molecular flexibility index (Phi) is 9.02. The topological polar surface area (TPSA) is 0 Å². The lowest BCUT2D eigenvalue weighted by Crippen LogP contribution is -2.74. The average Bonchev–Trinajstić information content (AvgIpc) is 2.82. The fourth-order valence-corrected chi connectivity index (χ4v) is 7.59. The lowest BCUT2D eigenvalue weighted by Gasteiger charge is -2.44. The largest absolute Gasteiger partial charge is 0.195 e. The van der Waals surface area contributed by atoms with Crippen LogP contribution in [-0.2, 0) is 10.9 Å². The zero-order valence-corrected chi connectivity index (χ0v) is 21.2. The molecule has 0 amide bonds. The third-order valence-corrected chi connectivity index (χ3v) is 8.66. The van der Waals surface area contributed by atoms with E-state index in [2.05, 4.69) is 151 Å². The van der Waals surface area contributed by atoms with Crippen molar-refractivity contribution < 1.29 is 0 Å². The van der Waals surface area contributed by atoms with Crippen LogP contribution in [0.25, 0.3) is 0 Å². The summed E-state index contributed by atoms with van der Waals surface area (Å²) in [6.07, 6.45) is 7.76. The normalized spacial score (nSPS) is 11.1. The van der Waals surface area contributed by atoms with E-state index in [1.807, 2.05) is 0 Å². The second-order valence-electron chi connectivity index (χ2n) is 8.36. The van der Waals surface area contributed by atoms with Crippen LogP contribution in [0, 0.1) is 0 Å². The molecule has 0 nitrogen and oxygen atoms in total. The highest BCUT2D eigenvalue weighted by atomic mass is 32.2. The summed E-state index contributed by atoms with van der Waals surface area (Å²) in [5.74, 6) is 0. The van der Waals surface area contributed by atoms with Crippen molar-refractivity contribution in [1.82, 2.24) is 0 Å². The van der Waals surface area contributed by atoms with Crippen LogP contribution in [0.5, 0.6) is 0 Å². The van der Waals surface area contributed by atoms with E-state index in [1.54, 1.807) is 0 Å². The van der Waals surface area contributed by atoms with Gasteiger partial charge in [-0.2, -0.15) is 21.9 Å². The van der Waals surface area contributed by atoms with Crippen molar-refractivity contribution in [2.75, 3.05) is 25.0 Å². The molecule has 0 saturated heterocycles. The van der Waals surface area contributed by atoms with Crippen molar-refractivity contribution >= 4 is 54.1 Å². The minimum atomic E-state index is -1.22. The molecule has 0 radical (unpaired) electrons. The SMILES string of the molecule is CS(C)=C[S+](C)C.c1ccc([B-](c2ccccc2)(c2ccccc2)c2ccccc2)cc1. The van der Waals surface area contributed by atoms with E-state index in [0.717, 1.165) is 0 Å². The first-order valence-electron chi connectivity index (χ1n) is 10.9.